The molecule has 0 aliphatic heterocycles. The minimum absolute atomic E-state index is 0.00246. The van der Waals surface area contributed by atoms with Gasteiger partial charge in [-0.25, -0.2) is 4.99 Å². The molecule has 0 aliphatic carbocycles. The molecule has 2 N–H and O–H groups in total. The van der Waals surface area contributed by atoms with Crippen molar-refractivity contribution in [2.24, 2.45) is 10.7 Å². The second-order valence-electron chi connectivity index (χ2n) is 5.15. The number of nitrogens with zero attached hydrogens (tertiary/aromatic N) is 1. The second-order valence-corrected chi connectivity index (χ2v) is 5.59. The third kappa shape index (κ3) is 6.99. The quantitative estimate of drug-likeness (QED) is 0.669. The van der Waals surface area contributed by atoms with Crippen molar-refractivity contribution in [3.8, 4) is 5.75 Å². The molecule has 0 saturated heterocycles. The van der Waals surface area contributed by atoms with Gasteiger partial charge in [0.1, 0.15) is 24.5 Å². The number of carbonyl (C=O) groups is 1. The van der Waals surface area contributed by atoms with Crippen LogP contribution in [-0.4, -0.2) is 30.6 Å². The van der Waals surface area contributed by atoms with E-state index < -0.39 is 5.60 Å². The Morgan fingerprint density at radius 1 is 1.30 bits per heavy atom. The highest BCUT2D eigenvalue weighted by Gasteiger charge is 2.12. The first-order chi connectivity index (χ1) is 9.26. The van der Waals surface area contributed by atoms with Crippen LogP contribution in [0.4, 0.5) is 0 Å². The molecule has 6 heteroatoms. The molecule has 0 fully saturated rings. The van der Waals surface area contributed by atoms with E-state index >= 15 is 0 Å². The maximum atomic E-state index is 11.6. The first-order valence-corrected chi connectivity index (χ1v) is 6.53. The number of ketones is 1. The van der Waals surface area contributed by atoms with Gasteiger partial charge in [0.2, 0.25) is 0 Å². The van der Waals surface area contributed by atoms with Crippen LogP contribution in [0.1, 0.15) is 20.8 Å². The minimum atomic E-state index is -0.434. The summed E-state index contributed by atoms with van der Waals surface area (Å²) in [6, 6.07) is 6.76. The van der Waals surface area contributed by atoms with E-state index in [1.54, 1.807) is 24.3 Å². The SMILES string of the molecule is CC(C)(C)OC(N)=NCC(=O)COc1ccc(Cl)cc1. The van der Waals surface area contributed by atoms with Crippen LogP contribution in [0.5, 0.6) is 5.75 Å². The number of ether oxygens (including phenoxy) is 2. The van der Waals surface area contributed by atoms with Crippen LogP contribution in [-0.2, 0) is 9.53 Å². The van der Waals surface area contributed by atoms with Crippen LogP contribution < -0.4 is 10.5 Å². The molecule has 0 aromatic heterocycles. The lowest BCUT2D eigenvalue weighted by Crippen LogP contribution is -2.30. The van der Waals surface area contributed by atoms with E-state index in [0.29, 0.717) is 10.8 Å². The Balaban J connectivity index is 2.37. The zero-order chi connectivity index (χ0) is 15.2. The number of carbonyl (C=O) groups excluding carboxylic acids is 1. The summed E-state index contributed by atoms with van der Waals surface area (Å²) in [5.74, 6) is 0.381. The zero-order valence-electron chi connectivity index (χ0n) is 11.9. The Morgan fingerprint density at radius 3 is 2.45 bits per heavy atom. The molecule has 1 aromatic rings. The smallest absolute Gasteiger partial charge is 0.282 e. The van der Waals surface area contributed by atoms with Gasteiger partial charge in [-0.2, -0.15) is 0 Å². The van der Waals surface area contributed by atoms with Gasteiger partial charge < -0.3 is 15.2 Å². The first kappa shape index (κ1) is 16.3. The number of nitrogens with two attached hydrogens (primary N) is 1. The largest absolute Gasteiger partial charge is 0.486 e. The monoisotopic (exact) mass is 298 g/mol. The Morgan fingerprint density at radius 2 is 1.90 bits per heavy atom. The van der Waals surface area contributed by atoms with E-state index in [1.807, 2.05) is 20.8 Å². The molecular weight excluding hydrogens is 280 g/mol. The summed E-state index contributed by atoms with van der Waals surface area (Å²) in [6.45, 7) is 5.39. The fraction of sp³-hybridized carbons (Fsp3) is 0.429. The number of halogens is 1. The maximum Gasteiger partial charge on any atom is 0.282 e. The van der Waals surface area contributed by atoms with Gasteiger partial charge in [-0.05, 0) is 45.0 Å². The average Bonchev–Trinajstić information content (AvgIpc) is 2.33. The molecule has 1 aromatic carbocycles. The summed E-state index contributed by atoms with van der Waals surface area (Å²) >= 11 is 5.74. The fourth-order valence-corrected chi connectivity index (χ4v) is 1.38. The molecule has 1 rings (SSSR count). The number of hydrogen-bond donors (Lipinski definition) is 1. The van der Waals surface area contributed by atoms with Crippen molar-refractivity contribution in [3.63, 3.8) is 0 Å². The molecule has 20 heavy (non-hydrogen) atoms. The Kier molecular flexibility index (Phi) is 5.82. The van der Waals surface area contributed by atoms with Crippen molar-refractivity contribution in [3.05, 3.63) is 29.3 Å². The van der Waals surface area contributed by atoms with Gasteiger partial charge in [0.05, 0.1) is 0 Å². The van der Waals surface area contributed by atoms with Crippen molar-refractivity contribution in [2.75, 3.05) is 13.2 Å². The molecular formula is C14H19ClN2O3. The molecule has 0 atom stereocenters. The molecule has 0 unspecified atom stereocenters. The number of rotatable bonds is 5. The van der Waals surface area contributed by atoms with E-state index in [1.165, 1.54) is 0 Å². The molecule has 0 bridgehead atoms. The van der Waals surface area contributed by atoms with Crippen molar-refractivity contribution in [2.45, 2.75) is 26.4 Å². The lowest BCUT2D eigenvalue weighted by atomic mass is 10.2. The summed E-state index contributed by atoms with van der Waals surface area (Å²) in [5, 5.41) is 0.611. The topological polar surface area (TPSA) is 73.9 Å². The van der Waals surface area contributed by atoms with Crippen molar-refractivity contribution >= 4 is 23.4 Å². The number of hydrogen-bond acceptors (Lipinski definition) is 4. The highest BCUT2D eigenvalue weighted by atomic mass is 35.5. The highest BCUT2D eigenvalue weighted by molar-refractivity contribution is 6.30. The fourth-order valence-electron chi connectivity index (χ4n) is 1.25. The molecule has 0 saturated carbocycles. The summed E-state index contributed by atoms with van der Waals surface area (Å²) in [4.78, 5) is 15.4. The molecule has 5 nitrogen and oxygen atoms in total. The summed E-state index contributed by atoms with van der Waals surface area (Å²) in [5.41, 5.74) is 5.12. The number of amidine groups is 1. The van der Waals surface area contributed by atoms with E-state index in [4.69, 9.17) is 26.8 Å². The predicted molar refractivity (Wildman–Crippen MR) is 79.3 cm³/mol. The Labute approximate surface area is 123 Å². The van der Waals surface area contributed by atoms with Gasteiger partial charge in [-0.15, -0.1) is 0 Å². The number of benzene rings is 1. The molecule has 0 amide bonds. The van der Waals surface area contributed by atoms with Crippen LogP contribution >= 0.6 is 11.6 Å². The maximum absolute atomic E-state index is 11.6. The van der Waals surface area contributed by atoms with Crippen LogP contribution in [0.3, 0.4) is 0 Å². The average molecular weight is 299 g/mol. The van der Waals surface area contributed by atoms with Crippen LogP contribution in [0.2, 0.25) is 5.02 Å². The Bertz CT molecular complexity index is 478. The summed E-state index contributed by atoms with van der Waals surface area (Å²) in [6.07, 6.45) is 0. The van der Waals surface area contributed by atoms with E-state index in [-0.39, 0.29) is 25.0 Å². The minimum Gasteiger partial charge on any atom is -0.486 e. The van der Waals surface area contributed by atoms with Crippen LogP contribution in [0, 0.1) is 0 Å². The third-order valence-electron chi connectivity index (χ3n) is 2.04. The number of aliphatic imine (C=N–C) groups is 1. The molecule has 0 heterocycles. The van der Waals surface area contributed by atoms with Gasteiger partial charge in [-0.3, -0.25) is 4.79 Å². The third-order valence-corrected chi connectivity index (χ3v) is 2.29. The van der Waals surface area contributed by atoms with E-state index in [9.17, 15) is 4.79 Å². The number of Topliss-reactive ketones (excluding diaryl/α,β-unsaturated/α-hetero) is 1. The van der Waals surface area contributed by atoms with Gasteiger partial charge in [-0.1, -0.05) is 11.6 Å². The molecule has 0 spiro atoms. The Hall–Kier alpha value is -1.75. The van der Waals surface area contributed by atoms with Crippen LogP contribution in [0.25, 0.3) is 0 Å². The van der Waals surface area contributed by atoms with Gasteiger partial charge >= 0.3 is 0 Å². The zero-order valence-corrected chi connectivity index (χ0v) is 12.6. The second kappa shape index (κ2) is 7.14. The van der Waals surface area contributed by atoms with Gasteiger partial charge in [0, 0.05) is 5.02 Å². The first-order valence-electron chi connectivity index (χ1n) is 6.15. The van der Waals surface area contributed by atoms with Crippen molar-refractivity contribution in [1.82, 2.24) is 0 Å². The lowest BCUT2D eigenvalue weighted by molar-refractivity contribution is -0.119. The molecule has 0 aliphatic rings. The van der Waals surface area contributed by atoms with Crippen molar-refractivity contribution < 1.29 is 14.3 Å². The standard InChI is InChI=1S/C14H19ClN2O3/c1-14(2,3)20-13(16)17-8-11(18)9-19-12-6-4-10(15)5-7-12/h4-7H,8-9H2,1-3H3,(H2,16,17). The predicted octanol–water partition coefficient (Wildman–Crippen LogP) is 2.42. The van der Waals surface area contributed by atoms with E-state index in [0.717, 1.165) is 0 Å². The molecule has 110 valence electrons. The molecule has 0 radical (unpaired) electrons. The summed E-state index contributed by atoms with van der Waals surface area (Å²) < 4.78 is 10.6. The van der Waals surface area contributed by atoms with Gasteiger partial charge in [0.15, 0.2) is 5.78 Å². The van der Waals surface area contributed by atoms with Crippen LogP contribution in [0.15, 0.2) is 29.3 Å². The van der Waals surface area contributed by atoms with Gasteiger partial charge in [0.25, 0.3) is 6.02 Å². The van der Waals surface area contributed by atoms with Crippen molar-refractivity contribution in [1.29, 1.82) is 0 Å². The summed E-state index contributed by atoms with van der Waals surface area (Å²) in [7, 11) is 0. The lowest BCUT2D eigenvalue weighted by Gasteiger charge is -2.19. The highest BCUT2D eigenvalue weighted by Crippen LogP contribution is 2.15. The van der Waals surface area contributed by atoms with E-state index in [2.05, 4.69) is 4.99 Å². The normalized spacial score (nSPS) is 12.1.